The number of amides is 1. The molecule has 0 fully saturated rings. The lowest BCUT2D eigenvalue weighted by atomic mass is 9.98. The molecule has 0 bridgehead atoms. The number of carbonyl (C=O) groups excluding carboxylic acids is 1. The number of aryl methyl sites for hydroxylation is 1. The average molecular weight is 434 g/mol. The van der Waals surface area contributed by atoms with Gasteiger partial charge in [0.1, 0.15) is 0 Å². The first kappa shape index (κ1) is 20.8. The van der Waals surface area contributed by atoms with Gasteiger partial charge in [-0.2, -0.15) is 5.10 Å². The molecule has 3 aromatic carbocycles. The van der Waals surface area contributed by atoms with Crippen molar-refractivity contribution in [1.82, 2.24) is 5.01 Å². The standard InChI is InChI=1S/C24H23N3O3S/c1-17-8-10-20(11-9-17)24(28)27-23(19-6-4-3-5-7-19)16-22(25-27)18-12-14-21(15-13-18)26-31(2,29)30/h3-15,23,26H,16H2,1-2H3. The Hall–Kier alpha value is -3.45. The first-order chi connectivity index (χ1) is 14.8. The molecule has 0 saturated carbocycles. The summed E-state index contributed by atoms with van der Waals surface area (Å²) in [5, 5.41) is 6.23. The average Bonchev–Trinajstić information content (AvgIpc) is 3.19. The van der Waals surface area contributed by atoms with Crippen LogP contribution >= 0.6 is 0 Å². The fourth-order valence-corrected chi connectivity index (χ4v) is 4.14. The quantitative estimate of drug-likeness (QED) is 0.649. The number of nitrogens with zero attached hydrogens (tertiary/aromatic N) is 2. The molecule has 4 rings (SSSR count). The van der Waals surface area contributed by atoms with Crippen LogP contribution in [0.1, 0.15) is 39.5 Å². The number of benzene rings is 3. The highest BCUT2D eigenvalue weighted by molar-refractivity contribution is 7.92. The summed E-state index contributed by atoms with van der Waals surface area (Å²) < 4.78 is 25.3. The monoisotopic (exact) mass is 433 g/mol. The van der Waals surface area contributed by atoms with Crippen molar-refractivity contribution in [3.63, 3.8) is 0 Å². The summed E-state index contributed by atoms with van der Waals surface area (Å²) in [5.74, 6) is -0.154. The van der Waals surface area contributed by atoms with Crippen LogP contribution in [0.3, 0.4) is 0 Å². The van der Waals surface area contributed by atoms with Gasteiger partial charge < -0.3 is 0 Å². The van der Waals surface area contributed by atoms with E-state index in [2.05, 4.69) is 9.82 Å². The number of anilines is 1. The van der Waals surface area contributed by atoms with E-state index in [0.29, 0.717) is 17.7 Å². The molecule has 0 saturated heterocycles. The van der Waals surface area contributed by atoms with Crippen molar-refractivity contribution in [2.75, 3.05) is 11.0 Å². The van der Waals surface area contributed by atoms with E-state index in [0.717, 1.165) is 28.7 Å². The van der Waals surface area contributed by atoms with E-state index in [9.17, 15) is 13.2 Å². The van der Waals surface area contributed by atoms with Crippen LogP contribution in [0.4, 0.5) is 5.69 Å². The number of hydrazone groups is 1. The molecule has 31 heavy (non-hydrogen) atoms. The van der Waals surface area contributed by atoms with Gasteiger partial charge in [-0.1, -0.05) is 60.2 Å². The summed E-state index contributed by atoms with van der Waals surface area (Å²) in [4.78, 5) is 13.3. The SMILES string of the molecule is Cc1ccc(C(=O)N2N=C(c3ccc(NS(C)(=O)=O)cc3)CC2c2ccccc2)cc1. The number of rotatable bonds is 5. The molecule has 1 heterocycles. The maximum absolute atomic E-state index is 13.3. The van der Waals surface area contributed by atoms with Crippen LogP contribution in [-0.4, -0.2) is 31.3 Å². The van der Waals surface area contributed by atoms with E-state index in [-0.39, 0.29) is 11.9 Å². The highest BCUT2D eigenvalue weighted by Crippen LogP contribution is 2.34. The zero-order valence-electron chi connectivity index (χ0n) is 17.3. The predicted octanol–water partition coefficient (Wildman–Crippen LogP) is 4.36. The van der Waals surface area contributed by atoms with Gasteiger partial charge in [-0.05, 0) is 42.3 Å². The molecular formula is C24H23N3O3S. The smallest absolute Gasteiger partial charge is 0.274 e. The Bertz CT molecular complexity index is 1220. The van der Waals surface area contributed by atoms with Crippen molar-refractivity contribution >= 4 is 27.3 Å². The molecule has 0 radical (unpaired) electrons. The minimum atomic E-state index is -3.34. The molecule has 0 aromatic heterocycles. The zero-order chi connectivity index (χ0) is 22.0. The third kappa shape index (κ3) is 4.83. The zero-order valence-corrected chi connectivity index (χ0v) is 18.1. The van der Waals surface area contributed by atoms with Gasteiger partial charge in [-0.15, -0.1) is 0 Å². The second kappa shape index (κ2) is 8.35. The van der Waals surface area contributed by atoms with Gasteiger partial charge >= 0.3 is 0 Å². The third-order valence-corrected chi connectivity index (χ3v) is 5.73. The maximum atomic E-state index is 13.3. The Morgan fingerprint density at radius 1 is 0.968 bits per heavy atom. The first-order valence-electron chi connectivity index (χ1n) is 9.91. The molecule has 1 N–H and O–H groups in total. The van der Waals surface area contributed by atoms with Crippen LogP contribution in [0.25, 0.3) is 0 Å². The summed E-state index contributed by atoms with van der Waals surface area (Å²) in [6.45, 7) is 1.98. The van der Waals surface area contributed by atoms with Crippen LogP contribution in [0.15, 0.2) is 84.0 Å². The van der Waals surface area contributed by atoms with E-state index >= 15 is 0 Å². The Morgan fingerprint density at radius 3 is 2.23 bits per heavy atom. The van der Waals surface area contributed by atoms with Crippen molar-refractivity contribution in [3.8, 4) is 0 Å². The summed E-state index contributed by atoms with van der Waals surface area (Å²) in [6.07, 6.45) is 1.68. The van der Waals surface area contributed by atoms with Crippen LogP contribution in [-0.2, 0) is 10.0 Å². The van der Waals surface area contributed by atoms with Crippen molar-refractivity contribution in [1.29, 1.82) is 0 Å². The molecule has 1 aliphatic heterocycles. The predicted molar refractivity (Wildman–Crippen MR) is 123 cm³/mol. The number of carbonyl (C=O) groups is 1. The van der Waals surface area contributed by atoms with Gasteiger partial charge in [0, 0.05) is 17.7 Å². The lowest BCUT2D eigenvalue weighted by Gasteiger charge is -2.22. The Morgan fingerprint density at radius 2 is 1.61 bits per heavy atom. The van der Waals surface area contributed by atoms with Gasteiger partial charge in [0.25, 0.3) is 5.91 Å². The summed E-state index contributed by atoms with van der Waals surface area (Å²) in [5.41, 5.74) is 4.79. The minimum Gasteiger partial charge on any atom is -0.284 e. The van der Waals surface area contributed by atoms with Crippen LogP contribution < -0.4 is 4.72 Å². The summed E-state index contributed by atoms with van der Waals surface area (Å²) >= 11 is 0. The molecule has 7 heteroatoms. The molecule has 1 amide bonds. The van der Waals surface area contributed by atoms with E-state index in [1.807, 2.05) is 73.7 Å². The minimum absolute atomic E-state index is 0.154. The highest BCUT2D eigenvalue weighted by Gasteiger charge is 2.33. The van der Waals surface area contributed by atoms with Gasteiger partial charge in [0.15, 0.2) is 0 Å². The van der Waals surface area contributed by atoms with E-state index in [4.69, 9.17) is 0 Å². The third-order valence-electron chi connectivity index (χ3n) is 5.12. The van der Waals surface area contributed by atoms with E-state index in [1.54, 1.807) is 17.1 Å². The molecule has 0 aliphatic carbocycles. The van der Waals surface area contributed by atoms with Crippen LogP contribution in [0, 0.1) is 6.92 Å². The lowest BCUT2D eigenvalue weighted by molar-refractivity contribution is 0.0711. The Balaban J connectivity index is 1.66. The highest BCUT2D eigenvalue weighted by atomic mass is 32.2. The van der Waals surface area contributed by atoms with Gasteiger partial charge in [-0.25, -0.2) is 13.4 Å². The Labute approximate surface area is 182 Å². The molecular weight excluding hydrogens is 410 g/mol. The van der Waals surface area contributed by atoms with Crippen molar-refractivity contribution in [2.45, 2.75) is 19.4 Å². The molecule has 0 spiro atoms. The fourth-order valence-electron chi connectivity index (χ4n) is 3.58. The van der Waals surface area contributed by atoms with E-state index < -0.39 is 10.0 Å². The van der Waals surface area contributed by atoms with Gasteiger partial charge in [0.2, 0.25) is 10.0 Å². The van der Waals surface area contributed by atoms with Crippen LogP contribution in [0.2, 0.25) is 0 Å². The summed E-state index contributed by atoms with van der Waals surface area (Å²) in [6, 6.07) is 24.1. The van der Waals surface area contributed by atoms with Gasteiger partial charge in [0.05, 0.1) is 18.0 Å². The number of nitrogens with one attached hydrogen (secondary N) is 1. The molecule has 1 aliphatic rings. The van der Waals surface area contributed by atoms with E-state index in [1.165, 1.54) is 0 Å². The maximum Gasteiger partial charge on any atom is 0.274 e. The second-order valence-electron chi connectivity index (χ2n) is 7.64. The number of sulfonamides is 1. The number of hydrogen-bond donors (Lipinski definition) is 1. The largest absolute Gasteiger partial charge is 0.284 e. The van der Waals surface area contributed by atoms with Gasteiger partial charge in [-0.3, -0.25) is 9.52 Å². The lowest BCUT2D eigenvalue weighted by Crippen LogP contribution is -2.27. The molecule has 158 valence electrons. The fraction of sp³-hybridized carbons (Fsp3) is 0.167. The molecule has 1 atom stereocenters. The summed E-state index contributed by atoms with van der Waals surface area (Å²) in [7, 11) is -3.34. The molecule has 6 nitrogen and oxygen atoms in total. The van der Waals surface area contributed by atoms with Crippen LogP contribution in [0.5, 0.6) is 0 Å². The molecule has 3 aromatic rings. The second-order valence-corrected chi connectivity index (χ2v) is 9.39. The Kier molecular flexibility index (Phi) is 5.61. The normalized spacial score (nSPS) is 16.1. The topological polar surface area (TPSA) is 78.8 Å². The van der Waals surface area contributed by atoms with Crippen molar-refractivity contribution in [3.05, 3.63) is 101 Å². The first-order valence-corrected chi connectivity index (χ1v) is 11.8. The number of hydrogen-bond acceptors (Lipinski definition) is 4. The van der Waals surface area contributed by atoms with Crippen molar-refractivity contribution < 1.29 is 13.2 Å². The molecule has 1 unspecified atom stereocenters. The van der Waals surface area contributed by atoms with Crippen molar-refractivity contribution in [2.24, 2.45) is 5.10 Å².